The third-order valence-corrected chi connectivity index (χ3v) is 5.03. The molecule has 2 aliphatic heterocycles. The van der Waals surface area contributed by atoms with Gasteiger partial charge in [-0.15, -0.1) is 4.91 Å². The molecule has 1 saturated heterocycles. The van der Waals surface area contributed by atoms with Crippen LogP contribution in [0.25, 0.3) is 11.4 Å². The number of benzene rings is 1. The number of carbonyl (C=O) groups excluding carboxylic acids is 1. The lowest BCUT2D eigenvalue weighted by atomic mass is 10.1. The molecule has 10 heteroatoms. The lowest BCUT2D eigenvalue weighted by molar-refractivity contribution is -0.113. The molecule has 0 unspecified atom stereocenters. The lowest BCUT2D eigenvalue weighted by Crippen LogP contribution is -2.39. The Labute approximate surface area is 201 Å². The van der Waals surface area contributed by atoms with E-state index >= 15 is 0 Å². The van der Waals surface area contributed by atoms with Crippen molar-refractivity contribution in [1.82, 2.24) is 15.3 Å². The van der Waals surface area contributed by atoms with Gasteiger partial charge in [-0.05, 0) is 37.2 Å². The van der Waals surface area contributed by atoms with Crippen LogP contribution in [0, 0.1) is 4.91 Å². The number of fused-ring (bicyclic) bond motifs is 1. The molecule has 0 radical (unpaired) electrons. The van der Waals surface area contributed by atoms with Crippen LogP contribution in [0.4, 0.5) is 11.5 Å². The van der Waals surface area contributed by atoms with E-state index in [0.29, 0.717) is 24.7 Å². The van der Waals surface area contributed by atoms with Crippen molar-refractivity contribution in [2.75, 3.05) is 43.1 Å². The van der Waals surface area contributed by atoms with E-state index in [4.69, 9.17) is 20.4 Å². The molecule has 1 aromatic heterocycles. The number of nitroso groups, excluding NO2 is 1. The van der Waals surface area contributed by atoms with Gasteiger partial charge < -0.3 is 26.0 Å². The first-order valence-electron chi connectivity index (χ1n) is 11.8. The van der Waals surface area contributed by atoms with Gasteiger partial charge in [0.1, 0.15) is 11.6 Å². The van der Waals surface area contributed by atoms with E-state index in [-0.39, 0.29) is 5.82 Å². The summed E-state index contributed by atoms with van der Waals surface area (Å²) in [6.45, 7) is 12.7. The Morgan fingerprint density at radius 2 is 1.82 bits per heavy atom. The molecule has 1 amide bonds. The highest BCUT2D eigenvalue weighted by Crippen LogP contribution is 2.28. The van der Waals surface area contributed by atoms with E-state index in [1.807, 2.05) is 52.0 Å². The molecule has 0 aliphatic carbocycles. The van der Waals surface area contributed by atoms with Crippen molar-refractivity contribution in [3.05, 3.63) is 52.3 Å². The monoisotopic (exact) mass is 469 g/mol. The average Bonchev–Trinajstić information content (AvgIpc) is 2.91. The predicted octanol–water partition coefficient (Wildman–Crippen LogP) is 3.18. The van der Waals surface area contributed by atoms with Crippen LogP contribution in [-0.2, 0) is 22.5 Å². The van der Waals surface area contributed by atoms with Gasteiger partial charge in [0.15, 0.2) is 5.82 Å². The number of aromatic nitrogens is 2. The molecule has 4 N–H and O–H groups in total. The molecular formula is C24H35N7O3. The van der Waals surface area contributed by atoms with Crippen LogP contribution in [0.5, 0.6) is 0 Å². The minimum Gasteiger partial charge on any atom is -0.385 e. The molecule has 0 bridgehead atoms. The Morgan fingerprint density at radius 3 is 2.47 bits per heavy atom. The number of ether oxygens (including phenoxy) is 1. The van der Waals surface area contributed by atoms with Crippen molar-refractivity contribution in [2.45, 2.75) is 40.7 Å². The highest BCUT2D eigenvalue weighted by Gasteiger charge is 2.23. The number of nitrogens with two attached hydrogens (primary N) is 1. The Hall–Kier alpha value is -3.37. The van der Waals surface area contributed by atoms with Crippen LogP contribution in [0.1, 0.15) is 39.0 Å². The summed E-state index contributed by atoms with van der Waals surface area (Å²) in [5.74, 6) is 0.754. The molecule has 0 spiro atoms. The van der Waals surface area contributed by atoms with Crippen molar-refractivity contribution in [3.8, 4) is 11.4 Å². The van der Waals surface area contributed by atoms with Crippen molar-refractivity contribution in [2.24, 2.45) is 10.9 Å². The first-order valence-corrected chi connectivity index (χ1v) is 11.8. The van der Waals surface area contributed by atoms with Crippen molar-refractivity contribution >= 4 is 17.4 Å². The highest BCUT2D eigenvalue weighted by molar-refractivity contribution is 5.89. The summed E-state index contributed by atoms with van der Waals surface area (Å²) >= 11 is 0. The maximum absolute atomic E-state index is 11.0. The fourth-order valence-corrected chi connectivity index (χ4v) is 3.57. The minimum absolute atomic E-state index is 0.0399. The largest absolute Gasteiger partial charge is 0.385 e. The van der Waals surface area contributed by atoms with Gasteiger partial charge in [0.05, 0.1) is 18.9 Å². The summed E-state index contributed by atoms with van der Waals surface area (Å²) in [6, 6.07) is 7.39. The molecule has 2 aromatic rings. The molecule has 34 heavy (non-hydrogen) atoms. The number of morpholine rings is 1. The van der Waals surface area contributed by atoms with Crippen molar-refractivity contribution < 1.29 is 9.53 Å². The van der Waals surface area contributed by atoms with Gasteiger partial charge in [0.25, 0.3) is 0 Å². The molecule has 0 saturated carbocycles. The fourth-order valence-electron chi connectivity index (χ4n) is 3.57. The molecular weight excluding hydrogens is 434 g/mol. The van der Waals surface area contributed by atoms with Crippen LogP contribution >= 0.6 is 0 Å². The maximum Gasteiger partial charge on any atom is 0.313 e. The van der Waals surface area contributed by atoms with E-state index in [2.05, 4.69) is 20.7 Å². The van der Waals surface area contributed by atoms with Gasteiger partial charge in [-0.3, -0.25) is 4.79 Å². The van der Waals surface area contributed by atoms with Crippen LogP contribution in [0.15, 0.2) is 41.3 Å². The molecule has 0 atom stereocenters. The smallest absolute Gasteiger partial charge is 0.313 e. The number of anilines is 2. The number of hydrogen-bond donors (Lipinski definition) is 3. The Balaban J connectivity index is 0.000000970. The van der Waals surface area contributed by atoms with Gasteiger partial charge in [-0.25, -0.2) is 9.97 Å². The molecule has 3 heterocycles. The summed E-state index contributed by atoms with van der Waals surface area (Å²) in [5.41, 5.74) is 9.47. The number of hydrogen-bond acceptors (Lipinski definition) is 9. The lowest BCUT2D eigenvalue weighted by Gasteiger charge is -2.31. The average molecular weight is 470 g/mol. The van der Waals surface area contributed by atoms with E-state index in [0.717, 1.165) is 55.8 Å². The normalized spacial score (nSPS) is 15.1. The van der Waals surface area contributed by atoms with Gasteiger partial charge in [0, 0.05) is 47.7 Å². The zero-order valence-electron chi connectivity index (χ0n) is 20.4. The molecule has 2 aliphatic rings. The predicted molar refractivity (Wildman–Crippen MR) is 135 cm³/mol. The maximum atomic E-state index is 11.0. The SMILES string of the molecule is CC.CC.N/C(=C\C(=O)N=O)Nc1ccc(-c2nc3c(c(N4CCOCC4)n2)CCNC3)cc1. The molecule has 10 nitrogen and oxygen atoms in total. The Kier molecular flexibility index (Phi) is 11.1. The summed E-state index contributed by atoms with van der Waals surface area (Å²) < 4.78 is 5.49. The van der Waals surface area contributed by atoms with Crippen LogP contribution in [0.2, 0.25) is 0 Å². The standard InChI is InChI=1S/C20H23N7O3.2C2H6/c21-17(11-18(28)26-29)23-14-3-1-13(2-4-14)19-24-16-12-22-6-5-15(16)20(25-19)27-7-9-30-10-8-27;2*1-2/h1-4,11,22-23H,5-10,12,21H2;2*1-2H3/b17-11+;;. The minimum atomic E-state index is -0.941. The summed E-state index contributed by atoms with van der Waals surface area (Å²) in [4.78, 5) is 33.2. The van der Waals surface area contributed by atoms with Crippen LogP contribution in [0.3, 0.4) is 0 Å². The number of amides is 1. The van der Waals surface area contributed by atoms with E-state index < -0.39 is 5.91 Å². The topological polar surface area (TPSA) is 135 Å². The molecule has 4 rings (SSSR count). The second kappa shape index (κ2) is 14.0. The van der Waals surface area contributed by atoms with Gasteiger partial charge in [0.2, 0.25) is 0 Å². The second-order valence-electron chi connectivity index (χ2n) is 7.05. The van der Waals surface area contributed by atoms with Gasteiger partial charge in [-0.1, -0.05) is 27.7 Å². The zero-order valence-corrected chi connectivity index (χ0v) is 20.4. The molecule has 1 fully saturated rings. The summed E-state index contributed by atoms with van der Waals surface area (Å²) in [7, 11) is 0. The first-order chi connectivity index (χ1) is 16.6. The number of nitrogens with zero attached hydrogens (tertiary/aromatic N) is 4. The van der Waals surface area contributed by atoms with Crippen molar-refractivity contribution in [1.29, 1.82) is 0 Å². The number of carbonyl (C=O) groups is 1. The molecule has 1 aromatic carbocycles. The van der Waals surface area contributed by atoms with Crippen LogP contribution < -0.4 is 21.3 Å². The van der Waals surface area contributed by atoms with E-state index in [1.165, 1.54) is 5.56 Å². The summed E-state index contributed by atoms with van der Waals surface area (Å²) in [6.07, 6.45) is 1.85. The first kappa shape index (κ1) is 26.9. The van der Waals surface area contributed by atoms with E-state index in [9.17, 15) is 9.70 Å². The zero-order chi connectivity index (χ0) is 24.9. The molecule has 184 valence electrons. The Morgan fingerprint density at radius 1 is 1.15 bits per heavy atom. The number of rotatable bonds is 5. The van der Waals surface area contributed by atoms with Gasteiger partial charge in [-0.2, -0.15) is 0 Å². The van der Waals surface area contributed by atoms with Crippen molar-refractivity contribution in [3.63, 3.8) is 0 Å². The highest BCUT2D eigenvalue weighted by atomic mass is 16.5. The van der Waals surface area contributed by atoms with Gasteiger partial charge >= 0.3 is 5.91 Å². The summed E-state index contributed by atoms with van der Waals surface area (Å²) in [5, 5.41) is 8.51. The third-order valence-electron chi connectivity index (χ3n) is 5.03. The van der Waals surface area contributed by atoms with Crippen LogP contribution in [-0.4, -0.2) is 48.7 Å². The fraction of sp³-hybridized carbons (Fsp3) is 0.458. The number of nitrogens with one attached hydrogen (secondary N) is 2. The van der Waals surface area contributed by atoms with E-state index in [1.54, 1.807) is 0 Å². The second-order valence-corrected chi connectivity index (χ2v) is 7.05. The quantitative estimate of drug-likeness (QED) is 0.445. The third kappa shape index (κ3) is 7.06. The Bertz CT molecular complexity index is 971.